The Bertz CT molecular complexity index is 1710. The first-order valence-corrected chi connectivity index (χ1v) is 13.5. The number of aliphatic hydroxyl groups excluding tert-OH is 1. The molecule has 0 radical (unpaired) electrons. The molecule has 1 aromatic heterocycles. The number of fused-ring (bicyclic) bond motifs is 1. The molecule has 0 bridgehead atoms. The van der Waals surface area contributed by atoms with Crippen LogP contribution in [0.2, 0.25) is 0 Å². The maximum absolute atomic E-state index is 13.6. The van der Waals surface area contributed by atoms with Gasteiger partial charge in [0.1, 0.15) is 0 Å². The van der Waals surface area contributed by atoms with E-state index >= 15 is 0 Å². The molecule has 5 aromatic rings. The second-order valence-corrected chi connectivity index (χ2v) is 11.0. The van der Waals surface area contributed by atoms with Gasteiger partial charge in [-0.25, -0.2) is 12.4 Å². The summed E-state index contributed by atoms with van der Waals surface area (Å²) in [5, 5.41) is 12.4. The van der Waals surface area contributed by atoms with Gasteiger partial charge in [-0.3, -0.25) is 0 Å². The number of para-hydroxylation sites is 1. The summed E-state index contributed by atoms with van der Waals surface area (Å²) in [7, 11) is -3.88. The number of benzene rings is 4. The molecular weight excluding hydrogens is 478 g/mol. The predicted octanol–water partition coefficient (Wildman–Crippen LogP) is 6.36. The number of hydrogen-bond acceptors (Lipinski definition) is 3. The van der Waals surface area contributed by atoms with Crippen LogP contribution in [-0.2, 0) is 10.0 Å². The maximum Gasteiger partial charge on any atom is 0.268 e. The molecule has 0 saturated heterocycles. The summed E-state index contributed by atoms with van der Waals surface area (Å²) in [6, 6.07) is 31.5. The van der Waals surface area contributed by atoms with Gasteiger partial charge in [0.05, 0.1) is 22.4 Å². The van der Waals surface area contributed by atoms with E-state index in [0.29, 0.717) is 16.5 Å². The summed E-state index contributed by atoms with van der Waals surface area (Å²) in [6.45, 7) is 3.92. The van der Waals surface area contributed by atoms with Gasteiger partial charge in [0, 0.05) is 22.7 Å². The molecule has 0 fully saturated rings. The first-order chi connectivity index (χ1) is 17.8. The molecular formula is C32H27NO3S. The van der Waals surface area contributed by atoms with E-state index in [1.807, 2.05) is 80.6 Å². The summed E-state index contributed by atoms with van der Waals surface area (Å²) < 4.78 is 28.5. The molecule has 0 aliphatic rings. The molecule has 4 nitrogen and oxygen atoms in total. The Morgan fingerprint density at radius 1 is 0.757 bits per heavy atom. The molecule has 1 unspecified atom stereocenters. The summed E-state index contributed by atoms with van der Waals surface area (Å²) in [4.78, 5) is 0.193. The van der Waals surface area contributed by atoms with Crippen LogP contribution >= 0.6 is 0 Å². The zero-order valence-electron chi connectivity index (χ0n) is 20.7. The first-order valence-electron chi connectivity index (χ1n) is 12.1. The van der Waals surface area contributed by atoms with Crippen molar-refractivity contribution in [2.24, 2.45) is 0 Å². The van der Waals surface area contributed by atoms with E-state index in [-0.39, 0.29) is 4.90 Å². The minimum Gasteiger partial charge on any atom is -0.387 e. The van der Waals surface area contributed by atoms with Crippen molar-refractivity contribution >= 4 is 20.9 Å². The lowest BCUT2D eigenvalue weighted by molar-refractivity contribution is 0.166. The van der Waals surface area contributed by atoms with Gasteiger partial charge in [-0.2, -0.15) is 0 Å². The van der Waals surface area contributed by atoms with E-state index < -0.39 is 22.0 Å². The van der Waals surface area contributed by atoms with Crippen molar-refractivity contribution in [3.05, 3.63) is 137 Å². The Hall–Kier alpha value is -4.11. The fourth-order valence-electron chi connectivity index (χ4n) is 4.41. The van der Waals surface area contributed by atoms with Gasteiger partial charge in [0.15, 0.2) is 0 Å². The molecule has 0 aliphatic heterocycles. The number of aryl methyl sites for hydroxylation is 2. The summed E-state index contributed by atoms with van der Waals surface area (Å²) in [5.41, 5.74) is 4.81. The van der Waals surface area contributed by atoms with Crippen molar-refractivity contribution in [2.45, 2.75) is 30.8 Å². The van der Waals surface area contributed by atoms with E-state index in [2.05, 4.69) is 11.8 Å². The van der Waals surface area contributed by atoms with Crippen LogP contribution in [0.3, 0.4) is 0 Å². The molecule has 0 amide bonds. The topological polar surface area (TPSA) is 59.3 Å². The number of rotatable bonds is 5. The van der Waals surface area contributed by atoms with Crippen molar-refractivity contribution in [2.75, 3.05) is 0 Å². The van der Waals surface area contributed by atoms with Crippen molar-refractivity contribution in [1.82, 2.24) is 3.97 Å². The fraction of sp³-hybridized carbons (Fsp3) is 0.125. The molecule has 5 rings (SSSR count). The third-order valence-electron chi connectivity index (χ3n) is 6.50. The average molecular weight is 506 g/mol. The Morgan fingerprint density at radius 3 is 2.03 bits per heavy atom. The van der Waals surface area contributed by atoms with E-state index in [0.717, 1.165) is 22.3 Å². The zero-order chi connectivity index (χ0) is 26.0. The lowest BCUT2D eigenvalue weighted by Crippen LogP contribution is -2.13. The molecule has 184 valence electrons. The normalized spacial score (nSPS) is 13.1. The standard InChI is InChI=1S/C32H27NO3S/c1-23-12-17-26(18-13-23)28(21-16-25-8-4-3-5-9-25)32(34)30-22-33(31-11-7-6-10-29(30)31)37(35,36)27-19-14-24(2)15-20-27/h3-15,17-20,22,28,32,34H,1-2H3/t28?,32-/m0/s1. The average Bonchev–Trinajstić information content (AvgIpc) is 3.31. The Balaban J connectivity index is 1.65. The number of hydrogen-bond donors (Lipinski definition) is 1. The van der Waals surface area contributed by atoms with Gasteiger partial charge in [0.25, 0.3) is 10.0 Å². The van der Waals surface area contributed by atoms with Gasteiger partial charge in [-0.1, -0.05) is 95.8 Å². The fourth-order valence-corrected chi connectivity index (χ4v) is 5.79. The number of aromatic nitrogens is 1. The van der Waals surface area contributed by atoms with Gasteiger partial charge in [-0.05, 0) is 49.7 Å². The molecule has 1 heterocycles. The smallest absolute Gasteiger partial charge is 0.268 e. The highest BCUT2D eigenvalue weighted by atomic mass is 32.2. The minimum absolute atomic E-state index is 0.193. The third-order valence-corrected chi connectivity index (χ3v) is 8.19. The van der Waals surface area contributed by atoms with Gasteiger partial charge < -0.3 is 5.11 Å². The largest absolute Gasteiger partial charge is 0.387 e. The van der Waals surface area contributed by atoms with Crippen molar-refractivity contribution in [1.29, 1.82) is 0 Å². The lowest BCUT2D eigenvalue weighted by atomic mass is 9.88. The molecule has 0 spiro atoms. The molecule has 4 aromatic carbocycles. The van der Waals surface area contributed by atoms with Crippen LogP contribution in [0.4, 0.5) is 0 Å². The second-order valence-electron chi connectivity index (χ2n) is 9.18. The van der Waals surface area contributed by atoms with Gasteiger partial charge in [-0.15, -0.1) is 0 Å². The van der Waals surface area contributed by atoms with Gasteiger partial charge >= 0.3 is 0 Å². The first kappa shape index (κ1) is 24.6. The van der Waals surface area contributed by atoms with Gasteiger partial charge in [0.2, 0.25) is 0 Å². The van der Waals surface area contributed by atoms with Crippen LogP contribution in [0.15, 0.2) is 114 Å². The van der Waals surface area contributed by atoms with Crippen LogP contribution < -0.4 is 0 Å². The van der Waals surface area contributed by atoms with E-state index in [1.54, 1.807) is 36.4 Å². The highest BCUT2D eigenvalue weighted by Gasteiger charge is 2.28. The van der Waals surface area contributed by atoms with Crippen LogP contribution in [0.25, 0.3) is 10.9 Å². The molecule has 1 N–H and O–H groups in total. The molecule has 2 atom stereocenters. The summed E-state index contributed by atoms with van der Waals surface area (Å²) in [5.74, 6) is 5.88. The Labute approximate surface area is 217 Å². The van der Waals surface area contributed by atoms with E-state index in [1.165, 1.54) is 10.2 Å². The SMILES string of the molecule is Cc1ccc(C(C#Cc2ccccc2)[C@H](O)c2cn(S(=O)(=O)c3ccc(C)cc3)c3ccccc23)cc1. The highest BCUT2D eigenvalue weighted by Crippen LogP contribution is 2.37. The van der Waals surface area contributed by atoms with Crippen LogP contribution in [-0.4, -0.2) is 17.5 Å². The highest BCUT2D eigenvalue weighted by molar-refractivity contribution is 7.90. The molecule has 0 saturated carbocycles. The second kappa shape index (κ2) is 10.1. The number of aliphatic hydroxyl groups is 1. The number of nitrogens with zero attached hydrogens (tertiary/aromatic N) is 1. The maximum atomic E-state index is 13.6. The minimum atomic E-state index is -3.88. The van der Waals surface area contributed by atoms with Crippen LogP contribution in [0.1, 0.15) is 39.8 Å². The van der Waals surface area contributed by atoms with Crippen LogP contribution in [0.5, 0.6) is 0 Å². The molecule has 5 heteroatoms. The molecule has 37 heavy (non-hydrogen) atoms. The Kier molecular flexibility index (Phi) is 6.71. The Morgan fingerprint density at radius 2 is 1.35 bits per heavy atom. The van der Waals surface area contributed by atoms with E-state index in [4.69, 9.17) is 0 Å². The monoisotopic (exact) mass is 505 g/mol. The summed E-state index contributed by atoms with van der Waals surface area (Å²) >= 11 is 0. The van der Waals surface area contributed by atoms with E-state index in [9.17, 15) is 13.5 Å². The lowest BCUT2D eigenvalue weighted by Gasteiger charge is -2.19. The predicted molar refractivity (Wildman–Crippen MR) is 148 cm³/mol. The van der Waals surface area contributed by atoms with Crippen molar-refractivity contribution in [3.8, 4) is 11.8 Å². The molecule has 0 aliphatic carbocycles. The third kappa shape index (κ3) is 4.95. The quantitative estimate of drug-likeness (QED) is 0.283. The van der Waals surface area contributed by atoms with Crippen LogP contribution in [0, 0.1) is 25.7 Å². The van der Waals surface area contributed by atoms with Crippen molar-refractivity contribution in [3.63, 3.8) is 0 Å². The summed E-state index contributed by atoms with van der Waals surface area (Å²) in [6.07, 6.45) is 0.480. The zero-order valence-corrected chi connectivity index (χ0v) is 21.5. The van der Waals surface area contributed by atoms with Crippen molar-refractivity contribution < 1.29 is 13.5 Å².